The molecule has 2 N–H and O–H groups in total. The Morgan fingerprint density at radius 2 is 1.76 bits per heavy atom. The van der Waals surface area contributed by atoms with Crippen LogP contribution in [0.3, 0.4) is 0 Å². The number of carboxylic acid groups (broad SMARTS) is 1. The molecule has 98 valence electrons. The van der Waals surface area contributed by atoms with Crippen LogP contribution in [-0.2, 0) is 9.59 Å². The summed E-state index contributed by atoms with van der Waals surface area (Å²) in [5.41, 5.74) is 0. The fourth-order valence-corrected chi connectivity index (χ4v) is 1.89. The second-order valence-electron chi connectivity index (χ2n) is 4.30. The number of hydrogen-bond donors (Lipinski definition) is 2. The van der Waals surface area contributed by atoms with Crippen LogP contribution >= 0.6 is 0 Å². The summed E-state index contributed by atoms with van der Waals surface area (Å²) in [5, 5.41) is 17.8. The molecule has 1 aliphatic heterocycles. The average Bonchev–Trinajstić information content (AvgIpc) is 2.28. The number of piperazine rings is 1. The molecule has 1 unspecified atom stereocenters. The van der Waals surface area contributed by atoms with E-state index in [1.807, 2.05) is 4.90 Å². The van der Waals surface area contributed by atoms with E-state index >= 15 is 0 Å². The Morgan fingerprint density at radius 1 is 1.18 bits per heavy atom. The van der Waals surface area contributed by atoms with Gasteiger partial charge in [-0.3, -0.25) is 14.5 Å². The highest BCUT2D eigenvalue weighted by molar-refractivity contribution is 5.77. The molecular weight excluding hydrogens is 224 g/mol. The van der Waals surface area contributed by atoms with Crippen LogP contribution in [0.2, 0.25) is 0 Å². The van der Waals surface area contributed by atoms with Crippen LogP contribution in [0.4, 0.5) is 0 Å². The maximum Gasteiger partial charge on any atom is 0.303 e. The van der Waals surface area contributed by atoms with Gasteiger partial charge >= 0.3 is 5.97 Å². The van der Waals surface area contributed by atoms with Crippen LogP contribution < -0.4 is 0 Å². The Kier molecular flexibility index (Phi) is 5.37. The maximum absolute atomic E-state index is 11.7. The van der Waals surface area contributed by atoms with Crippen molar-refractivity contribution >= 4 is 11.9 Å². The SMILES string of the molecule is CC(O)N1CCN(C(=O)CCCC(=O)O)CC1. The topological polar surface area (TPSA) is 81.1 Å². The van der Waals surface area contributed by atoms with E-state index in [9.17, 15) is 14.7 Å². The zero-order valence-corrected chi connectivity index (χ0v) is 10.1. The standard InChI is InChI=1S/C11H20N2O4/c1-9(14)12-5-7-13(8-6-12)10(15)3-2-4-11(16)17/h9,14H,2-8H2,1H3,(H,16,17). The number of aliphatic carboxylic acids is 1. The number of nitrogens with zero attached hydrogens (tertiary/aromatic N) is 2. The van der Waals surface area contributed by atoms with Crippen molar-refractivity contribution in [3.8, 4) is 0 Å². The molecule has 6 nitrogen and oxygen atoms in total. The van der Waals surface area contributed by atoms with Crippen LogP contribution in [0.1, 0.15) is 26.2 Å². The smallest absolute Gasteiger partial charge is 0.303 e. The zero-order chi connectivity index (χ0) is 12.8. The van der Waals surface area contributed by atoms with Gasteiger partial charge in [0.15, 0.2) is 0 Å². The van der Waals surface area contributed by atoms with Crippen molar-refractivity contribution in [1.29, 1.82) is 0 Å². The van der Waals surface area contributed by atoms with E-state index in [0.717, 1.165) is 0 Å². The minimum Gasteiger partial charge on any atom is -0.481 e. The lowest BCUT2D eigenvalue weighted by atomic mass is 10.2. The van der Waals surface area contributed by atoms with Gasteiger partial charge in [0, 0.05) is 39.0 Å². The molecule has 1 amide bonds. The first kappa shape index (κ1) is 13.9. The number of carbonyl (C=O) groups is 2. The lowest BCUT2D eigenvalue weighted by molar-refractivity contribution is -0.137. The largest absolute Gasteiger partial charge is 0.481 e. The number of aliphatic hydroxyl groups excluding tert-OH is 1. The van der Waals surface area contributed by atoms with Gasteiger partial charge in [-0.15, -0.1) is 0 Å². The van der Waals surface area contributed by atoms with Crippen molar-refractivity contribution in [2.45, 2.75) is 32.4 Å². The lowest BCUT2D eigenvalue weighted by Crippen LogP contribution is -2.51. The van der Waals surface area contributed by atoms with Crippen molar-refractivity contribution < 1.29 is 19.8 Å². The van der Waals surface area contributed by atoms with Crippen LogP contribution in [0.5, 0.6) is 0 Å². The van der Waals surface area contributed by atoms with Gasteiger partial charge in [-0.1, -0.05) is 0 Å². The molecule has 0 saturated carbocycles. The van der Waals surface area contributed by atoms with Crippen molar-refractivity contribution in [3.63, 3.8) is 0 Å². The van der Waals surface area contributed by atoms with Crippen molar-refractivity contribution in [2.24, 2.45) is 0 Å². The Bertz CT molecular complexity index is 273. The summed E-state index contributed by atoms with van der Waals surface area (Å²) in [7, 11) is 0. The molecule has 0 spiro atoms. The molecule has 6 heteroatoms. The van der Waals surface area contributed by atoms with E-state index in [2.05, 4.69) is 0 Å². The normalized spacial score (nSPS) is 19.1. The highest BCUT2D eigenvalue weighted by Gasteiger charge is 2.22. The van der Waals surface area contributed by atoms with E-state index < -0.39 is 12.2 Å². The van der Waals surface area contributed by atoms with Crippen molar-refractivity contribution in [2.75, 3.05) is 26.2 Å². The van der Waals surface area contributed by atoms with E-state index in [0.29, 0.717) is 39.0 Å². The molecule has 0 aliphatic carbocycles. The molecule has 0 aromatic rings. The van der Waals surface area contributed by atoms with Crippen LogP contribution in [0.25, 0.3) is 0 Å². The molecule has 0 aromatic carbocycles. The first-order valence-electron chi connectivity index (χ1n) is 5.92. The molecule has 1 aliphatic rings. The van der Waals surface area contributed by atoms with Gasteiger partial charge in [-0.05, 0) is 13.3 Å². The summed E-state index contributed by atoms with van der Waals surface area (Å²) in [5.74, 6) is -0.854. The maximum atomic E-state index is 11.7. The highest BCUT2D eigenvalue weighted by atomic mass is 16.4. The van der Waals surface area contributed by atoms with Gasteiger partial charge in [0.05, 0.1) is 0 Å². The Morgan fingerprint density at radius 3 is 2.24 bits per heavy atom. The number of rotatable bonds is 5. The molecule has 1 rings (SSSR count). The zero-order valence-electron chi connectivity index (χ0n) is 10.1. The van der Waals surface area contributed by atoms with E-state index in [1.165, 1.54) is 0 Å². The average molecular weight is 244 g/mol. The van der Waals surface area contributed by atoms with Crippen molar-refractivity contribution in [3.05, 3.63) is 0 Å². The number of carbonyl (C=O) groups excluding carboxylic acids is 1. The van der Waals surface area contributed by atoms with Gasteiger partial charge < -0.3 is 15.1 Å². The first-order valence-corrected chi connectivity index (χ1v) is 5.92. The summed E-state index contributed by atoms with van der Waals surface area (Å²) in [6.07, 6.45) is 0.254. The summed E-state index contributed by atoms with van der Waals surface area (Å²) < 4.78 is 0. The van der Waals surface area contributed by atoms with Crippen LogP contribution in [0.15, 0.2) is 0 Å². The number of hydrogen-bond acceptors (Lipinski definition) is 4. The van der Waals surface area contributed by atoms with Gasteiger partial charge in [-0.2, -0.15) is 0 Å². The molecule has 0 aromatic heterocycles. The fraction of sp³-hybridized carbons (Fsp3) is 0.818. The predicted molar refractivity (Wildman–Crippen MR) is 61.3 cm³/mol. The molecule has 1 saturated heterocycles. The Hall–Kier alpha value is -1.14. The van der Waals surface area contributed by atoms with Gasteiger partial charge in [0.2, 0.25) is 5.91 Å². The number of aliphatic hydroxyl groups is 1. The first-order chi connectivity index (χ1) is 8.00. The number of carboxylic acids is 1. The van der Waals surface area contributed by atoms with Crippen LogP contribution in [-0.4, -0.2) is 64.3 Å². The van der Waals surface area contributed by atoms with Crippen molar-refractivity contribution in [1.82, 2.24) is 9.80 Å². The van der Waals surface area contributed by atoms with Gasteiger partial charge in [-0.25, -0.2) is 0 Å². The highest BCUT2D eigenvalue weighted by Crippen LogP contribution is 2.07. The Labute approximate surface area is 101 Å². The minimum absolute atomic E-state index is 0.0106. The number of amides is 1. The molecule has 0 radical (unpaired) electrons. The third-order valence-electron chi connectivity index (χ3n) is 2.98. The minimum atomic E-state index is -0.864. The summed E-state index contributed by atoms with van der Waals surface area (Å²) in [6.45, 7) is 4.27. The molecule has 1 atom stereocenters. The molecule has 17 heavy (non-hydrogen) atoms. The molecular formula is C11H20N2O4. The Balaban J connectivity index is 2.24. The third-order valence-corrected chi connectivity index (χ3v) is 2.98. The summed E-state index contributed by atoms with van der Waals surface area (Å²) in [4.78, 5) is 25.7. The molecule has 1 heterocycles. The predicted octanol–water partition coefficient (Wildman–Crippen LogP) is -0.276. The third kappa shape index (κ3) is 4.70. The second kappa shape index (κ2) is 6.56. The quantitative estimate of drug-likeness (QED) is 0.695. The monoisotopic (exact) mass is 244 g/mol. The molecule has 1 fully saturated rings. The fourth-order valence-electron chi connectivity index (χ4n) is 1.89. The van der Waals surface area contributed by atoms with E-state index in [1.54, 1.807) is 11.8 Å². The lowest BCUT2D eigenvalue weighted by Gasteiger charge is -2.36. The van der Waals surface area contributed by atoms with Crippen LogP contribution in [0, 0.1) is 0 Å². The van der Waals surface area contributed by atoms with Gasteiger partial charge in [0.1, 0.15) is 6.23 Å². The second-order valence-corrected chi connectivity index (χ2v) is 4.30. The van der Waals surface area contributed by atoms with Gasteiger partial charge in [0.25, 0.3) is 0 Å². The molecule has 0 bridgehead atoms. The van der Waals surface area contributed by atoms with E-state index in [4.69, 9.17) is 5.11 Å². The van der Waals surface area contributed by atoms with E-state index in [-0.39, 0.29) is 12.3 Å². The summed E-state index contributed by atoms with van der Waals surface area (Å²) in [6, 6.07) is 0. The summed E-state index contributed by atoms with van der Waals surface area (Å²) >= 11 is 0.